The van der Waals surface area contributed by atoms with Crippen LogP contribution in [0.25, 0.3) is 0 Å². The summed E-state index contributed by atoms with van der Waals surface area (Å²) in [4.78, 5) is 2.40. The quantitative estimate of drug-likeness (QED) is 0.695. The van der Waals surface area contributed by atoms with Gasteiger partial charge >= 0.3 is 0 Å². The van der Waals surface area contributed by atoms with Crippen molar-refractivity contribution in [2.24, 2.45) is 0 Å². The van der Waals surface area contributed by atoms with Crippen LogP contribution in [-0.4, -0.2) is 50.8 Å². The first-order chi connectivity index (χ1) is 7.22. The standard InChI is InChI=1S/C12H26N2O/c1-11(13-2)6-4-8-14(3)10-12-7-5-9-15-12/h11-13H,4-10H2,1-3H3. The van der Waals surface area contributed by atoms with Crippen LogP contribution >= 0.6 is 0 Å². The van der Waals surface area contributed by atoms with Crippen molar-refractivity contribution < 1.29 is 4.74 Å². The average molecular weight is 214 g/mol. The van der Waals surface area contributed by atoms with Gasteiger partial charge < -0.3 is 15.0 Å². The van der Waals surface area contributed by atoms with Crippen LogP contribution in [0.1, 0.15) is 32.6 Å². The van der Waals surface area contributed by atoms with Gasteiger partial charge in [0.2, 0.25) is 0 Å². The fourth-order valence-electron chi connectivity index (χ4n) is 2.04. The van der Waals surface area contributed by atoms with Gasteiger partial charge in [0, 0.05) is 19.2 Å². The van der Waals surface area contributed by atoms with E-state index < -0.39 is 0 Å². The van der Waals surface area contributed by atoms with Gasteiger partial charge in [-0.1, -0.05) is 0 Å². The molecule has 0 aromatic carbocycles. The van der Waals surface area contributed by atoms with Crippen molar-refractivity contribution in [1.82, 2.24) is 10.2 Å². The van der Waals surface area contributed by atoms with Crippen molar-refractivity contribution >= 4 is 0 Å². The minimum Gasteiger partial charge on any atom is -0.377 e. The lowest BCUT2D eigenvalue weighted by molar-refractivity contribution is 0.0806. The summed E-state index contributed by atoms with van der Waals surface area (Å²) in [5, 5.41) is 3.27. The molecule has 1 aliphatic rings. The highest BCUT2D eigenvalue weighted by Gasteiger charge is 2.16. The molecule has 0 amide bonds. The molecule has 1 heterocycles. The van der Waals surface area contributed by atoms with Crippen LogP contribution in [0.15, 0.2) is 0 Å². The van der Waals surface area contributed by atoms with Crippen LogP contribution in [0, 0.1) is 0 Å². The number of hydrogen-bond acceptors (Lipinski definition) is 3. The van der Waals surface area contributed by atoms with Gasteiger partial charge in [-0.3, -0.25) is 0 Å². The number of hydrogen-bond donors (Lipinski definition) is 1. The predicted molar refractivity (Wildman–Crippen MR) is 64.2 cm³/mol. The molecule has 1 rings (SSSR count). The predicted octanol–water partition coefficient (Wildman–Crippen LogP) is 1.49. The molecule has 0 spiro atoms. The summed E-state index contributed by atoms with van der Waals surface area (Å²) in [7, 11) is 4.23. The number of likely N-dealkylation sites (N-methyl/N-ethyl adjacent to an activating group) is 1. The molecule has 3 heteroatoms. The molecule has 0 saturated carbocycles. The molecule has 0 aliphatic carbocycles. The van der Waals surface area contributed by atoms with E-state index in [1.807, 2.05) is 7.05 Å². The topological polar surface area (TPSA) is 24.5 Å². The second kappa shape index (κ2) is 7.20. The van der Waals surface area contributed by atoms with Crippen molar-refractivity contribution in [3.8, 4) is 0 Å². The van der Waals surface area contributed by atoms with Gasteiger partial charge in [-0.25, -0.2) is 0 Å². The zero-order valence-corrected chi connectivity index (χ0v) is 10.5. The zero-order valence-electron chi connectivity index (χ0n) is 10.5. The maximum atomic E-state index is 5.62. The summed E-state index contributed by atoms with van der Waals surface area (Å²) in [6.07, 6.45) is 5.51. The third-order valence-electron chi connectivity index (χ3n) is 3.21. The molecule has 0 bridgehead atoms. The highest BCUT2D eigenvalue weighted by Crippen LogP contribution is 2.12. The molecule has 2 unspecified atom stereocenters. The van der Waals surface area contributed by atoms with E-state index in [1.54, 1.807) is 0 Å². The van der Waals surface area contributed by atoms with Crippen LogP contribution in [0.2, 0.25) is 0 Å². The highest BCUT2D eigenvalue weighted by molar-refractivity contribution is 4.69. The minimum absolute atomic E-state index is 0.497. The second-order valence-corrected chi connectivity index (χ2v) is 4.73. The van der Waals surface area contributed by atoms with E-state index in [0.717, 1.165) is 13.2 Å². The highest BCUT2D eigenvalue weighted by atomic mass is 16.5. The Kier molecular flexibility index (Phi) is 6.22. The Balaban J connectivity index is 2.00. The van der Waals surface area contributed by atoms with E-state index in [-0.39, 0.29) is 0 Å². The first-order valence-electron chi connectivity index (χ1n) is 6.19. The Labute approximate surface area is 94.2 Å². The van der Waals surface area contributed by atoms with Crippen LogP contribution in [0.3, 0.4) is 0 Å². The number of nitrogens with one attached hydrogen (secondary N) is 1. The third-order valence-corrected chi connectivity index (χ3v) is 3.21. The molecule has 1 saturated heterocycles. The van der Waals surface area contributed by atoms with Crippen molar-refractivity contribution in [3.05, 3.63) is 0 Å². The van der Waals surface area contributed by atoms with Crippen molar-refractivity contribution in [1.29, 1.82) is 0 Å². The van der Waals surface area contributed by atoms with E-state index in [4.69, 9.17) is 4.74 Å². The molecule has 3 nitrogen and oxygen atoms in total. The van der Waals surface area contributed by atoms with Crippen LogP contribution in [-0.2, 0) is 4.74 Å². The molecule has 90 valence electrons. The maximum Gasteiger partial charge on any atom is 0.0702 e. The van der Waals surface area contributed by atoms with Crippen molar-refractivity contribution in [3.63, 3.8) is 0 Å². The van der Waals surface area contributed by atoms with Gasteiger partial charge in [-0.05, 0) is 53.2 Å². The van der Waals surface area contributed by atoms with Crippen LogP contribution in [0.5, 0.6) is 0 Å². The van der Waals surface area contributed by atoms with Crippen LogP contribution in [0.4, 0.5) is 0 Å². The SMILES string of the molecule is CNC(C)CCCN(C)CC1CCCO1. The lowest BCUT2D eigenvalue weighted by Crippen LogP contribution is -2.30. The van der Waals surface area contributed by atoms with Crippen LogP contribution < -0.4 is 5.32 Å². The molecule has 1 N–H and O–H groups in total. The van der Waals surface area contributed by atoms with Gasteiger partial charge in [0.1, 0.15) is 0 Å². The first-order valence-corrected chi connectivity index (χ1v) is 6.19. The molecule has 2 atom stereocenters. The van der Waals surface area contributed by atoms with Gasteiger partial charge in [0.15, 0.2) is 0 Å². The van der Waals surface area contributed by atoms with Crippen molar-refractivity contribution in [2.75, 3.05) is 33.8 Å². The average Bonchev–Trinajstić information content (AvgIpc) is 2.70. The molecular formula is C12H26N2O. The molecule has 1 fully saturated rings. The van der Waals surface area contributed by atoms with Gasteiger partial charge in [0.25, 0.3) is 0 Å². The minimum atomic E-state index is 0.497. The fourth-order valence-corrected chi connectivity index (χ4v) is 2.04. The molecule has 0 aromatic heterocycles. The molecule has 1 aliphatic heterocycles. The summed E-state index contributed by atoms with van der Waals surface area (Å²) < 4.78 is 5.62. The monoisotopic (exact) mass is 214 g/mol. The summed E-state index contributed by atoms with van der Waals surface area (Å²) in [5.74, 6) is 0. The van der Waals surface area contributed by atoms with E-state index >= 15 is 0 Å². The summed E-state index contributed by atoms with van der Waals surface area (Å²) in [6.45, 7) is 5.50. The summed E-state index contributed by atoms with van der Waals surface area (Å²) in [6, 6.07) is 0.640. The molecule has 0 aromatic rings. The lowest BCUT2D eigenvalue weighted by Gasteiger charge is -2.21. The Morgan fingerprint density at radius 2 is 2.33 bits per heavy atom. The molecular weight excluding hydrogens is 188 g/mol. The Bertz CT molecular complexity index is 158. The van der Waals surface area contributed by atoms with E-state index in [9.17, 15) is 0 Å². The van der Waals surface area contributed by atoms with Gasteiger partial charge in [-0.15, -0.1) is 0 Å². The summed E-state index contributed by atoms with van der Waals surface area (Å²) >= 11 is 0. The maximum absolute atomic E-state index is 5.62. The third kappa shape index (κ3) is 5.50. The summed E-state index contributed by atoms with van der Waals surface area (Å²) in [5.41, 5.74) is 0. The Morgan fingerprint density at radius 1 is 1.53 bits per heavy atom. The molecule has 0 radical (unpaired) electrons. The fraction of sp³-hybridized carbons (Fsp3) is 1.00. The van der Waals surface area contributed by atoms with E-state index in [0.29, 0.717) is 12.1 Å². The number of nitrogens with zero attached hydrogens (tertiary/aromatic N) is 1. The lowest BCUT2D eigenvalue weighted by atomic mass is 10.1. The Hall–Kier alpha value is -0.120. The second-order valence-electron chi connectivity index (χ2n) is 4.73. The van der Waals surface area contributed by atoms with Gasteiger partial charge in [-0.2, -0.15) is 0 Å². The largest absolute Gasteiger partial charge is 0.377 e. The molecule has 15 heavy (non-hydrogen) atoms. The number of ether oxygens (including phenoxy) is 1. The first kappa shape index (κ1) is 12.9. The Morgan fingerprint density at radius 3 is 2.93 bits per heavy atom. The zero-order chi connectivity index (χ0) is 11.1. The number of rotatable bonds is 7. The van der Waals surface area contributed by atoms with E-state index in [1.165, 1.54) is 32.2 Å². The van der Waals surface area contributed by atoms with Crippen molar-refractivity contribution in [2.45, 2.75) is 44.8 Å². The smallest absolute Gasteiger partial charge is 0.0702 e. The van der Waals surface area contributed by atoms with Gasteiger partial charge in [0.05, 0.1) is 6.10 Å². The van der Waals surface area contributed by atoms with E-state index in [2.05, 4.69) is 24.2 Å². The normalized spacial score (nSPS) is 23.6.